The number of amides is 1. The van der Waals surface area contributed by atoms with Gasteiger partial charge >= 0.3 is 5.97 Å². The van der Waals surface area contributed by atoms with Gasteiger partial charge in [-0.15, -0.1) is 0 Å². The molecule has 0 spiro atoms. The van der Waals surface area contributed by atoms with Crippen LogP contribution in [0.25, 0.3) is 0 Å². The number of hydrogen-bond acceptors (Lipinski definition) is 5. The zero-order valence-electron chi connectivity index (χ0n) is 20.3. The van der Waals surface area contributed by atoms with Crippen LogP contribution in [-0.2, 0) is 19.6 Å². The van der Waals surface area contributed by atoms with Crippen molar-refractivity contribution in [1.29, 1.82) is 0 Å². The Labute approximate surface area is 206 Å². The summed E-state index contributed by atoms with van der Waals surface area (Å²) in [5.41, 5.74) is 3.16. The summed E-state index contributed by atoms with van der Waals surface area (Å²) >= 11 is 0. The molecule has 0 saturated carbocycles. The van der Waals surface area contributed by atoms with Crippen molar-refractivity contribution in [3.63, 3.8) is 0 Å². The van der Waals surface area contributed by atoms with E-state index in [1.54, 1.807) is 44.2 Å². The van der Waals surface area contributed by atoms with Gasteiger partial charge in [-0.2, -0.15) is 4.31 Å². The van der Waals surface area contributed by atoms with E-state index in [2.05, 4.69) is 5.32 Å². The van der Waals surface area contributed by atoms with Gasteiger partial charge in [-0.3, -0.25) is 4.79 Å². The van der Waals surface area contributed by atoms with Crippen LogP contribution in [0.4, 0.5) is 5.69 Å². The molecule has 0 aliphatic heterocycles. The maximum absolute atomic E-state index is 13.2. The van der Waals surface area contributed by atoms with Gasteiger partial charge in [0.1, 0.15) is 0 Å². The zero-order valence-corrected chi connectivity index (χ0v) is 21.1. The van der Waals surface area contributed by atoms with Gasteiger partial charge < -0.3 is 10.1 Å². The summed E-state index contributed by atoms with van der Waals surface area (Å²) in [6.07, 6.45) is -1.19. The molecule has 35 heavy (non-hydrogen) atoms. The summed E-state index contributed by atoms with van der Waals surface area (Å²) in [5, 5.41) is 2.86. The van der Waals surface area contributed by atoms with E-state index in [0.29, 0.717) is 24.3 Å². The van der Waals surface area contributed by atoms with E-state index in [1.807, 2.05) is 32.0 Å². The Bertz CT molecular complexity index is 1280. The van der Waals surface area contributed by atoms with Crippen LogP contribution in [0.5, 0.6) is 0 Å². The number of sulfonamides is 1. The molecule has 1 atom stereocenters. The summed E-state index contributed by atoms with van der Waals surface area (Å²) in [5.74, 6) is -1.22. The van der Waals surface area contributed by atoms with Gasteiger partial charge in [0, 0.05) is 24.3 Å². The summed E-state index contributed by atoms with van der Waals surface area (Å²) in [4.78, 5) is 26.2. The van der Waals surface area contributed by atoms with Crippen molar-refractivity contribution >= 4 is 27.6 Å². The van der Waals surface area contributed by atoms with E-state index in [9.17, 15) is 18.0 Å². The number of carbonyl (C=O) groups excluding carboxylic acids is 2. The van der Waals surface area contributed by atoms with Crippen molar-refractivity contribution in [2.75, 3.05) is 18.4 Å². The molecule has 0 unspecified atom stereocenters. The minimum Gasteiger partial charge on any atom is -0.444 e. The van der Waals surface area contributed by atoms with Crippen LogP contribution in [0.2, 0.25) is 0 Å². The Morgan fingerprint density at radius 1 is 0.914 bits per heavy atom. The summed E-state index contributed by atoms with van der Waals surface area (Å²) in [6, 6.07) is 20.0. The van der Waals surface area contributed by atoms with Gasteiger partial charge in [-0.1, -0.05) is 56.3 Å². The number of esters is 1. The van der Waals surface area contributed by atoms with Crippen LogP contribution >= 0.6 is 0 Å². The summed E-state index contributed by atoms with van der Waals surface area (Å²) in [7, 11) is -3.65. The molecule has 184 valence electrons. The Morgan fingerprint density at radius 3 is 2.14 bits per heavy atom. The number of nitrogens with one attached hydrogen (secondary N) is 1. The molecular weight excluding hydrogens is 464 g/mol. The van der Waals surface area contributed by atoms with Gasteiger partial charge in [-0.05, 0) is 55.3 Å². The van der Waals surface area contributed by atoms with Crippen LogP contribution < -0.4 is 5.32 Å². The summed E-state index contributed by atoms with van der Waals surface area (Å²) < 4.78 is 32.4. The van der Waals surface area contributed by atoms with E-state index in [1.165, 1.54) is 28.6 Å². The molecule has 1 N–H and O–H groups in total. The largest absolute Gasteiger partial charge is 0.444 e. The number of nitrogens with zero attached hydrogens (tertiary/aromatic N) is 1. The highest BCUT2D eigenvalue weighted by molar-refractivity contribution is 7.89. The molecule has 3 rings (SSSR count). The first-order valence-corrected chi connectivity index (χ1v) is 12.9. The van der Waals surface area contributed by atoms with E-state index in [-0.39, 0.29) is 10.5 Å². The van der Waals surface area contributed by atoms with Gasteiger partial charge in [0.15, 0.2) is 0 Å². The number of anilines is 1. The number of ether oxygens (including phenoxy) is 1. The molecule has 3 aromatic carbocycles. The third-order valence-corrected chi connectivity index (χ3v) is 7.71. The lowest BCUT2D eigenvalue weighted by molar-refractivity contribution is -0.125. The molecule has 0 radical (unpaired) electrons. The smallest absolute Gasteiger partial charge is 0.339 e. The van der Waals surface area contributed by atoms with Gasteiger partial charge in [-0.25, -0.2) is 13.2 Å². The van der Waals surface area contributed by atoms with E-state index >= 15 is 0 Å². The average molecular weight is 495 g/mol. The van der Waals surface area contributed by atoms with Crippen LogP contribution in [0, 0.1) is 13.8 Å². The first-order valence-electron chi connectivity index (χ1n) is 11.4. The van der Waals surface area contributed by atoms with Crippen molar-refractivity contribution in [3.05, 3.63) is 95.1 Å². The monoisotopic (exact) mass is 494 g/mol. The molecule has 0 saturated heterocycles. The van der Waals surface area contributed by atoms with Crippen molar-refractivity contribution in [2.45, 2.75) is 38.7 Å². The highest BCUT2D eigenvalue weighted by Crippen LogP contribution is 2.24. The molecule has 0 aliphatic carbocycles. The molecule has 3 aromatic rings. The lowest BCUT2D eigenvalue weighted by Gasteiger charge is -2.20. The Balaban J connectivity index is 1.85. The molecule has 0 bridgehead atoms. The number of aryl methyl sites for hydroxylation is 2. The maximum atomic E-state index is 13.2. The second-order valence-corrected chi connectivity index (χ2v) is 10.1. The van der Waals surface area contributed by atoms with E-state index in [4.69, 9.17) is 4.74 Å². The molecule has 8 heteroatoms. The molecular formula is C27H30N2O5S. The average Bonchev–Trinajstić information content (AvgIpc) is 2.85. The second kappa shape index (κ2) is 11.3. The third-order valence-electron chi connectivity index (χ3n) is 5.65. The minimum atomic E-state index is -3.65. The molecule has 7 nitrogen and oxygen atoms in total. The van der Waals surface area contributed by atoms with Gasteiger partial charge in [0.25, 0.3) is 5.91 Å². The topological polar surface area (TPSA) is 92.8 Å². The lowest BCUT2D eigenvalue weighted by atomic mass is 10.1. The Morgan fingerprint density at radius 2 is 1.54 bits per heavy atom. The Hall–Kier alpha value is -3.49. The van der Waals surface area contributed by atoms with E-state index < -0.39 is 28.0 Å². The zero-order chi connectivity index (χ0) is 25.6. The molecule has 0 aliphatic rings. The predicted molar refractivity (Wildman–Crippen MR) is 136 cm³/mol. The summed E-state index contributed by atoms with van der Waals surface area (Å²) in [6.45, 7) is 8.02. The number of hydrogen-bond donors (Lipinski definition) is 1. The lowest BCUT2D eigenvalue weighted by Crippen LogP contribution is -2.30. The SMILES string of the molecule is CCN(CC)S(=O)(=O)c1ccc(C(=O)O[C@@H](C(=O)Nc2cc(C)ccc2C)c2ccccc2)cc1. The van der Waals surface area contributed by atoms with Crippen molar-refractivity contribution < 1.29 is 22.7 Å². The third kappa shape index (κ3) is 6.15. The normalized spacial score (nSPS) is 12.3. The number of carbonyl (C=O) groups is 2. The molecule has 0 heterocycles. The Kier molecular flexibility index (Phi) is 8.43. The molecule has 0 aromatic heterocycles. The van der Waals surface area contributed by atoms with E-state index in [0.717, 1.165) is 11.1 Å². The standard InChI is InChI=1S/C27H30N2O5S/c1-5-29(6-2)35(32,33)23-16-14-22(15-17-23)27(31)34-25(21-10-8-7-9-11-21)26(30)28-24-18-19(3)12-13-20(24)4/h7-18,25H,5-6H2,1-4H3,(H,28,30)/t25-/m1/s1. The van der Waals surface area contributed by atoms with Crippen LogP contribution in [0.1, 0.15) is 47.0 Å². The van der Waals surface area contributed by atoms with Gasteiger partial charge in [0.2, 0.25) is 16.1 Å². The van der Waals surface area contributed by atoms with Crippen LogP contribution in [0.3, 0.4) is 0 Å². The fourth-order valence-corrected chi connectivity index (χ4v) is 5.08. The quantitative estimate of drug-likeness (QED) is 0.429. The number of benzene rings is 3. The molecule has 1 amide bonds. The first-order chi connectivity index (χ1) is 16.7. The van der Waals surface area contributed by atoms with Crippen LogP contribution in [0.15, 0.2) is 77.7 Å². The molecule has 0 fully saturated rings. The minimum absolute atomic E-state index is 0.0880. The second-order valence-electron chi connectivity index (χ2n) is 8.12. The highest BCUT2D eigenvalue weighted by atomic mass is 32.2. The maximum Gasteiger partial charge on any atom is 0.339 e. The predicted octanol–water partition coefficient (Wildman–Crippen LogP) is 4.87. The van der Waals surface area contributed by atoms with Crippen molar-refractivity contribution in [2.24, 2.45) is 0 Å². The highest BCUT2D eigenvalue weighted by Gasteiger charge is 2.27. The van der Waals surface area contributed by atoms with Crippen molar-refractivity contribution in [3.8, 4) is 0 Å². The number of rotatable bonds is 9. The van der Waals surface area contributed by atoms with Gasteiger partial charge in [0.05, 0.1) is 10.5 Å². The van der Waals surface area contributed by atoms with Crippen LogP contribution in [-0.4, -0.2) is 37.7 Å². The van der Waals surface area contributed by atoms with Crippen molar-refractivity contribution in [1.82, 2.24) is 4.31 Å². The fourth-order valence-electron chi connectivity index (χ4n) is 3.62. The first kappa shape index (κ1) is 26.1. The fraction of sp³-hybridized carbons (Fsp3) is 0.259.